The van der Waals surface area contributed by atoms with Crippen molar-refractivity contribution in [1.82, 2.24) is 5.32 Å². The van der Waals surface area contributed by atoms with Crippen molar-refractivity contribution < 1.29 is 4.79 Å². The molecule has 0 saturated carbocycles. The molecule has 72 valence electrons. The van der Waals surface area contributed by atoms with Crippen molar-refractivity contribution in [1.29, 1.82) is 0 Å². The average Bonchev–Trinajstić information content (AvgIpc) is 1.95. The molecule has 0 heterocycles. The van der Waals surface area contributed by atoms with Gasteiger partial charge in [0.15, 0.2) is 0 Å². The monoisotopic (exact) mass is 171 g/mol. The maximum atomic E-state index is 11.2. The predicted octanol–water partition coefficient (Wildman–Crippen LogP) is 2.13. The van der Waals surface area contributed by atoms with Gasteiger partial charge in [-0.25, -0.2) is 0 Å². The van der Waals surface area contributed by atoms with E-state index in [1.807, 2.05) is 0 Å². The molecule has 0 aromatic rings. The van der Waals surface area contributed by atoms with Gasteiger partial charge in [-0.05, 0) is 27.2 Å². The Morgan fingerprint density at radius 2 is 1.92 bits per heavy atom. The molecule has 2 heteroatoms. The standard InChI is InChI=1S/C10H21NO/c1-5-6-7-9(12)8-11-10(2,3)4/h11H,5-8H2,1-4H3. The SMILES string of the molecule is CCCCC(=O)CNC(C)(C)C. The minimum atomic E-state index is 0.0574. The summed E-state index contributed by atoms with van der Waals surface area (Å²) in [5.74, 6) is 0.326. The van der Waals surface area contributed by atoms with Crippen LogP contribution in [0.3, 0.4) is 0 Å². The Hall–Kier alpha value is -0.370. The molecule has 0 fully saturated rings. The van der Waals surface area contributed by atoms with Gasteiger partial charge in [0.1, 0.15) is 5.78 Å². The van der Waals surface area contributed by atoms with Crippen LogP contribution in [0.25, 0.3) is 0 Å². The van der Waals surface area contributed by atoms with Crippen LogP contribution >= 0.6 is 0 Å². The molecular weight excluding hydrogens is 150 g/mol. The Morgan fingerprint density at radius 1 is 1.33 bits per heavy atom. The van der Waals surface area contributed by atoms with Crippen LogP contribution in [-0.4, -0.2) is 17.9 Å². The van der Waals surface area contributed by atoms with Crippen LogP contribution in [0.15, 0.2) is 0 Å². The summed E-state index contributed by atoms with van der Waals surface area (Å²) in [6.45, 7) is 8.83. The molecule has 1 N–H and O–H groups in total. The van der Waals surface area contributed by atoms with Crippen molar-refractivity contribution in [2.75, 3.05) is 6.54 Å². The molecule has 0 spiro atoms. The highest BCUT2D eigenvalue weighted by atomic mass is 16.1. The molecule has 0 aromatic carbocycles. The number of carbonyl (C=O) groups is 1. The Kier molecular flexibility index (Phi) is 5.14. The number of unbranched alkanes of at least 4 members (excludes halogenated alkanes) is 1. The van der Waals surface area contributed by atoms with E-state index in [2.05, 4.69) is 33.0 Å². The van der Waals surface area contributed by atoms with Crippen molar-refractivity contribution in [3.8, 4) is 0 Å². The molecule has 12 heavy (non-hydrogen) atoms. The lowest BCUT2D eigenvalue weighted by molar-refractivity contribution is -0.118. The number of hydrogen-bond donors (Lipinski definition) is 1. The van der Waals surface area contributed by atoms with E-state index >= 15 is 0 Å². The quantitative estimate of drug-likeness (QED) is 0.686. The summed E-state index contributed by atoms with van der Waals surface area (Å²) in [4.78, 5) is 11.2. The van der Waals surface area contributed by atoms with Crippen molar-refractivity contribution in [2.24, 2.45) is 0 Å². The summed E-state index contributed by atoms with van der Waals surface area (Å²) in [5, 5.41) is 3.18. The fourth-order valence-corrected chi connectivity index (χ4v) is 0.826. The summed E-state index contributed by atoms with van der Waals surface area (Å²) in [5.41, 5.74) is 0.0574. The zero-order chi connectivity index (χ0) is 9.61. The van der Waals surface area contributed by atoms with Crippen LogP contribution in [0.1, 0.15) is 47.0 Å². The largest absolute Gasteiger partial charge is 0.305 e. The third-order valence-corrected chi connectivity index (χ3v) is 1.63. The van der Waals surface area contributed by atoms with E-state index < -0.39 is 0 Å². The van der Waals surface area contributed by atoms with Crippen molar-refractivity contribution >= 4 is 5.78 Å². The van der Waals surface area contributed by atoms with Crippen molar-refractivity contribution in [3.63, 3.8) is 0 Å². The molecule has 0 aliphatic carbocycles. The van der Waals surface area contributed by atoms with Crippen LogP contribution < -0.4 is 5.32 Å². The smallest absolute Gasteiger partial charge is 0.146 e. The van der Waals surface area contributed by atoms with Crippen LogP contribution in [0.5, 0.6) is 0 Å². The molecule has 0 bridgehead atoms. The van der Waals surface area contributed by atoms with Gasteiger partial charge in [-0.15, -0.1) is 0 Å². The van der Waals surface area contributed by atoms with E-state index in [4.69, 9.17) is 0 Å². The first-order valence-electron chi connectivity index (χ1n) is 4.72. The molecule has 0 atom stereocenters. The topological polar surface area (TPSA) is 29.1 Å². The zero-order valence-electron chi connectivity index (χ0n) is 8.74. The summed E-state index contributed by atoms with van der Waals surface area (Å²) in [6.07, 6.45) is 2.84. The van der Waals surface area contributed by atoms with E-state index in [1.165, 1.54) is 0 Å². The van der Waals surface area contributed by atoms with Crippen LogP contribution in [0.2, 0.25) is 0 Å². The van der Waals surface area contributed by atoms with Crippen molar-refractivity contribution in [2.45, 2.75) is 52.5 Å². The third kappa shape index (κ3) is 7.73. The summed E-state index contributed by atoms with van der Waals surface area (Å²) in [7, 11) is 0. The molecule has 2 nitrogen and oxygen atoms in total. The Morgan fingerprint density at radius 3 is 2.33 bits per heavy atom. The minimum Gasteiger partial charge on any atom is -0.305 e. The Labute approximate surface area is 75.7 Å². The number of rotatable bonds is 5. The van der Waals surface area contributed by atoms with Gasteiger partial charge in [0.2, 0.25) is 0 Å². The van der Waals surface area contributed by atoms with Crippen LogP contribution in [0, 0.1) is 0 Å². The van der Waals surface area contributed by atoms with E-state index in [-0.39, 0.29) is 5.54 Å². The average molecular weight is 171 g/mol. The van der Waals surface area contributed by atoms with Gasteiger partial charge in [-0.1, -0.05) is 13.3 Å². The second-order valence-electron chi connectivity index (χ2n) is 4.25. The maximum Gasteiger partial charge on any atom is 0.146 e. The van der Waals surface area contributed by atoms with E-state index in [1.54, 1.807) is 0 Å². The Bertz CT molecular complexity index is 135. The molecule has 0 saturated heterocycles. The molecule has 0 radical (unpaired) electrons. The van der Waals surface area contributed by atoms with Gasteiger partial charge in [-0.2, -0.15) is 0 Å². The lowest BCUT2D eigenvalue weighted by Gasteiger charge is -2.19. The number of ketones is 1. The predicted molar refractivity (Wildman–Crippen MR) is 52.3 cm³/mol. The van der Waals surface area contributed by atoms with Gasteiger partial charge < -0.3 is 5.32 Å². The first-order chi connectivity index (χ1) is 5.45. The second-order valence-corrected chi connectivity index (χ2v) is 4.25. The molecule has 0 unspecified atom stereocenters. The second kappa shape index (κ2) is 5.31. The van der Waals surface area contributed by atoms with E-state index in [9.17, 15) is 4.79 Å². The maximum absolute atomic E-state index is 11.2. The number of nitrogens with one attached hydrogen (secondary N) is 1. The molecule has 0 aliphatic heterocycles. The number of carbonyl (C=O) groups excluding carboxylic acids is 1. The third-order valence-electron chi connectivity index (χ3n) is 1.63. The molecule has 0 amide bonds. The fraction of sp³-hybridized carbons (Fsp3) is 0.900. The van der Waals surface area contributed by atoms with Gasteiger partial charge >= 0.3 is 0 Å². The van der Waals surface area contributed by atoms with Crippen LogP contribution in [0.4, 0.5) is 0 Å². The number of hydrogen-bond acceptors (Lipinski definition) is 2. The highest BCUT2D eigenvalue weighted by Crippen LogP contribution is 1.99. The summed E-state index contributed by atoms with van der Waals surface area (Å²) in [6, 6.07) is 0. The zero-order valence-corrected chi connectivity index (χ0v) is 8.74. The number of Topliss-reactive ketones (excluding diaryl/α,β-unsaturated/α-hetero) is 1. The van der Waals surface area contributed by atoms with Gasteiger partial charge in [-0.3, -0.25) is 4.79 Å². The first-order valence-corrected chi connectivity index (χ1v) is 4.72. The molecule has 0 rings (SSSR count). The van der Waals surface area contributed by atoms with Gasteiger partial charge in [0.25, 0.3) is 0 Å². The van der Waals surface area contributed by atoms with Crippen molar-refractivity contribution in [3.05, 3.63) is 0 Å². The first kappa shape index (κ1) is 11.6. The lowest BCUT2D eigenvalue weighted by Crippen LogP contribution is -2.39. The highest BCUT2D eigenvalue weighted by molar-refractivity contribution is 5.80. The lowest BCUT2D eigenvalue weighted by atomic mass is 10.1. The minimum absolute atomic E-state index is 0.0574. The van der Waals surface area contributed by atoms with E-state index in [0.29, 0.717) is 12.3 Å². The van der Waals surface area contributed by atoms with Crippen LogP contribution in [-0.2, 0) is 4.79 Å². The van der Waals surface area contributed by atoms with E-state index in [0.717, 1.165) is 19.3 Å². The summed E-state index contributed by atoms with van der Waals surface area (Å²) >= 11 is 0. The molecular formula is C10H21NO. The normalized spacial score (nSPS) is 11.7. The van der Waals surface area contributed by atoms with Gasteiger partial charge in [0, 0.05) is 12.0 Å². The fourth-order valence-electron chi connectivity index (χ4n) is 0.826. The molecule has 0 aliphatic rings. The highest BCUT2D eigenvalue weighted by Gasteiger charge is 2.10. The summed E-state index contributed by atoms with van der Waals surface area (Å²) < 4.78 is 0. The Balaban J connectivity index is 3.44. The van der Waals surface area contributed by atoms with Gasteiger partial charge in [0.05, 0.1) is 6.54 Å². The molecule has 0 aromatic heterocycles.